The first-order chi connectivity index (χ1) is 9.43. The van der Waals surface area contributed by atoms with E-state index in [0.29, 0.717) is 5.02 Å². The zero-order chi connectivity index (χ0) is 14.9. The Kier molecular flexibility index (Phi) is 4.89. The third-order valence-electron chi connectivity index (χ3n) is 3.49. The summed E-state index contributed by atoms with van der Waals surface area (Å²) in [6.45, 7) is 6.12. The van der Waals surface area contributed by atoms with Crippen molar-refractivity contribution in [3.8, 4) is 5.69 Å². The molecule has 0 bridgehead atoms. The average molecular weight is 357 g/mol. The van der Waals surface area contributed by atoms with Crippen LogP contribution >= 0.6 is 27.5 Å². The number of benzene rings is 1. The van der Waals surface area contributed by atoms with E-state index in [2.05, 4.69) is 28.0 Å². The summed E-state index contributed by atoms with van der Waals surface area (Å²) < 4.78 is 2.96. The number of hydrogen-bond acceptors (Lipinski definition) is 2. The van der Waals surface area contributed by atoms with Gasteiger partial charge in [0.05, 0.1) is 21.5 Å². The fourth-order valence-electron chi connectivity index (χ4n) is 2.19. The number of halogens is 2. The van der Waals surface area contributed by atoms with Crippen LogP contribution in [0, 0.1) is 13.8 Å². The van der Waals surface area contributed by atoms with E-state index >= 15 is 0 Å². The molecular formula is C15H19BrClN3. The van der Waals surface area contributed by atoms with Gasteiger partial charge < -0.3 is 5.73 Å². The Hall–Kier alpha value is -0.840. The van der Waals surface area contributed by atoms with Gasteiger partial charge in [0, 0.05) is 11.1 Å². The van der Waals surface area contributed by atoms with Crippen LogP contribution in [0.15, 0.2) is 22.7 Å². The molecule has 3 nitrogen and oxygen atoms in total. The first kappa shape index (κ1) is 15.5. The van der Waals surface area contributed by atoms with Gasteiger partial charge in [-0.1, -0.05) is 24.6 Å². The van der Waals surface area contributed by atoms with Crippen LogP contribution in [-0.2, 0) is 6.42 Å². The van der Waals surface area contributed by atoms with Crippen LogP contribution in [0.5, 0.6) is 0 Å². The number of nitrogens with two attached hydrogens (primary N) is 1. The van der Waals surface area contributed by atoms with Gasteiger partial charge in [0.25, 0.3) is 0 Å². The Labute approximate surface area is 133 Å². The van der Waals surface area contributed by atoms with E-state index in [4.69, 9.17) is 17.3 Å². The van der Waals surface area contributed by atoms with Crippen molar-refractivity contribution in [2.45, 2.75) is 39.7 Å². The Morgan fingerprint density at radius 3 is 2.65 bits per heavy atom. The van der Waals surface area contributed by atoms with Crippen molar-refractivity contribution >= 4 is 27.5 Å². The molecule has 1 heterocycles. The van der Waals surface area contributed by atoms with Gasteiger partial charge in [-0.25, -0.2) is 4.68 Å². The molecule has 0 saturated carbocycles. The molecule has 2 aromatic rings. The lowest BCUT2D eigenvalue weighted by Crippen LogP contribution is -2.22. The van der Waals surface area contributed by atoms with E-state index in [9.17, 15) is 0 Å². The second kappa shape index (κ2) is 6.29. The first-order valence-corrected chi connectivity index (χ1v) is 7.87. The fraction of sp³-hybridized carbons (Fsp3) is 0.400. The van der Waals surface area contributed by atoms with Gasteiger partial charge in [-0.2, -0.15) is 5.10 Å². The van der Waals surface area contributed by atoms with Crippen LogP contribution in [0.3, 0.4) is 0 Å². The van der Waals surface area contributed by atoms with Crippen LogP contribution in [-0.4, -0.2) is 15.8 Å². The molecule has 2 N–H and O–H groups in total. The Bertz CT molecular complexity index is 622. The molecule has 0 fully saturated rings. The molecule has 1 unspecified atom stereocenters. The molecule has 0 spiro atoms. The SMILES string of the molecule is CCC(N)Cc1ccc(Cl)cc1-n1nc(C)c(Br)c1C. The summed E-state index contributed by atoms with van der Waals surface area (Å²) in [7, 11) is 0. The van der Waals surface area contributed by atoms with Crippen molar-refractivity contribution in [1.29, 1.82) is 0 Å². The molecule has 0 aliphatic heterocycles. The van der Waals surface area contributed by atoms with Gasteiger partial charge in [0.2, 0.25) is 0 Å². The van der Waals surface area contributed by atoms with Crippen LogP contribution in [0.2, 0.25) is 5.02 Å². The molecule has 0 amide bonds. The molecule has 0 radical (unpaired) electrons. The van der Waals surface area contributed by atoms with Gasteiger partial charge in [-0.05, 0) is 60.3 Å². The molecule has 0 aliphatic carbocycles. The van der Waals surface area contributed by atoms with Gasteiger partial charge in [-0.15, -0.1) is 0 Å². The monoisotopic (exact) mass is 355 g/mol. The smallest absolute Gasteiger partial charge is 0.0743 e. The van der Waals surface area contributed by atoms with Gasteiger partial charge in [0.15, 0.2) is 0 Å². The fourth-order valence-corrected chi connectivity index (χ4v) is 2.61. The number of aromatic nitrogens is 2. The Balaban J connectivity index is 2.53. The maximum atomic E-state index is 6.15. The lowest BCUT2D eigenvalue weighted by Gasteiger charge is -2.15. The summed E-state index contributed by atoms with van der Waals surface area (Å²) in [5.41, 5.74) is 10.3. The van der Waals surface area contributed by atoms with Crippen LogP contribution in [0.4, 0.5) is 0 Å². The maximum absolute atomic E-state index is 6.15. The Morgan fingerprint density at radius 2 is 2.10 bits per heavy atom. The number of hydrogen-bond donors (Lipinski definition) is 1. The van der Waals surface area contributed by atoms with E-state index in [1.165, 1.54) is 5.56 Å². The third-order valence-corrected chi connectivity index (χ3v) is 4.87. The van der Waals surface area contributed by atoms with E-state index < -0.39 is 0 Å². The molecular weight excluding hydrogens is 338 g/mol. The lowest BCUT2D eigenvalue weighted by atomic mass is 10.0. The number of aryl methyl sites for hydroxylation is 1. The molecule has 1 atom stereocenters. The van der Waals surface area contributed by atoms with Gasteiger partial charge >= 0.3 is 0 Å². The van der Waals surface area contributed by atoms with Crippen molar-refractivity contribution in [2.75, 3.05) is 0 Å². The van der Waals surface area contributed by atoms with E-state index in [0.717, 1.165) is 34.4 Å². The first-order valence-electron chi connectivity index (χ1n) is 6.70. The largest absolute Gasteiger partial charge is 0.327 e. The highest BCUT2D eigenvalue weighted by Gasteiger charge is 2.15. The topological polar surface area (TPSA) is 43.8 Å². The number of nitrogens with zero attached hydrogens (tertiary/aromatic N) is 2. The summed E-state index contributed by atoms with van der Waals surface area (Å²) in [5, 5.41) is 5.29. The third kappa shape index (κ3) is 3.08. The second-order valence-corrected chi connectivity index (χ2v) is 6.27. The molecule has 20 heavy (non-hydrogen) atoms. The summed E-state index contributed by atoms with van der Waals surface area (Å²) in [4.78, 5) is 0. The van der Waals surface area contributed by atoms with Gasteiger partial charge in [0.1, 0.15) is 0 Å². The molecule has 0 saturated heterocycles. The number of rotatable bonds is 4. The zero-order valence-electron chi connectivity index (χ0n) is 12.0. The van der Waals surface area contributed by atoms with Crippen LogP contribution in [0.1, 0.15) is 30.3 Å². The highest BCUT2D eigenvalue weighted by molar-refractivity contribution is 9.10. The van der Waals surface area contributed by atoms with E-state index in [1.807, 2.05) is 36.7 Å². The predicted molar refractivity (Wildman–Crippen MR) is 87.7 cm³/mol. The minimum Gasteiger partial charge on any atom is -0.327 e. The van der Waals surface area contributed by atoms with Crippen molar-refractivity contribution in [2.24, 2.45) is 5.73 Å². The summed E-state index contributed by atoms with van der Waals surface area (Å²) in [6.07, 6.45) is 1.77. The van der Waals surface area contributed by atoms with Gasteiger partial charge in [-0.3, -0.25) is 0 Å². The summed E-state index contributed by atoms with van der Waals surface area (Å²) >= 11 is 9.72. The van der Waals surface area contributed by atoms with Crippen LogP contribution < -0.4 is 5.73 Å². The normalized spacial score (nSPS) is 12.7. The van der Waals surface area contributed by atoms with Crippen molar-refractivity contribution in [3.63, 3.8) is 0 Å². The van der Waals surface area contributed by atoms with Crippen molar-refractivity contribution in [3.05, 3.63) is 44.6 Å². The minimum atomic E-state index is 0.148. The molecule has 108 valence electrons. The standard InChI is InChI=1S/C15H19BrClN3/c1-4-13(18)7-11-5-6-12(17)8-14(11)20-10(3)15(16)9(2)19-20/h5-6,8,13H,4,7,18H2,1-3H3. The molecule has 0 aliphatic rings. The molecule has 2 rings (SSSR count). The molecule has 1 aromatic heterocycles. The average Bonchev–Trinajstić information content (AvgIpc) is 2.68. The van der Waals surface area contributed by atoms with Crippen molar-refractivity contribution < 1.29 is 0 Å². The summed E-state index contributed by atoms with van der Waals surface area (Å²) in [6, 6.07) is 6.04. The maximum Gasteiger partial charge on any atom is 0.0743 e. The molecule has 5 heteroatoms. The summed E-state index contributed by atoms with van der Waals surface area (Å²) in [5.74, 6) is 0. The second-order valence-electron chi connectivity index (χ2n) is 5.04. The quantitative estimate of drug-likeness (QED) is 0.893. The van der Waals surface area contributed by atoms with E-state index in [-0.39, 0.29) is 6.04 Å². The molecule has 1 aromatic carbocycles. The highest BCUT2D eigenvalue weighted by atomic mass is 79.9. The van der Waals surface area contributed by atoms with Crippen molar-refractivity contribution in [1.82, 2.24) is 9.78 Å². The van der Waals surface area contributed by atoms with E-state index in [1.54, 1.807) is 0 Å². The zero-order valence-corrected chi connectivity index (χ0v) is 14.3. The Morgan fingerprint density at radius 1 is 1.40 bits per heavy atom. The lowest BCUT2D eigenvalue weighted by molar-refractivity contribution is 0.641. The predicted octanol–water partition coefficient (Wildman–Crippen LogP) is 4.18. The minimum absolute atomic E-state index is 0.148. The highest BCUT2D eigenvalue weighted by Crippen LogP contribution is 2.27. The van der Waals surface area contributed by atoms with Crippen LogP contribution in [0.25, 0.3) is 5.69 Å².